The van der Waals surface area contributed by atoms with Gasteiger partial charge < -0.3 is 10.6 Å². The molecule has 1 amide bonds. The van der Waals surface area contributed by atoms with Crippen molar-refractivity contribution in [1.82, 2.24) is 15.6 Å². The summed E-state index contributed by atoms with van der Waals surface area (Å²) >= 11 is 1.60. The first-order chi connectivity index (χ1) is 11.1. The highest BCUT2D eigenvalue weighted by atomic mass is 32.1. The molecule has 2 N–H and O–H groups in total. The molecule has 5 heteroatoms. The minimum atomic E-state index is 0.0739. The van der Waals surface area contributed by atoms with E-state index in [4.69, 9.17) is 0 Å². The van der Waals surface area contributed by atoms with Gasteiger partial charge in [0.05, 0.1) is 12.1 Å². The molecule has 0 aliphatic carbocycles. The third-order valence-electron chi connectivity index (χ3n) is 4.29. The van der Waals surface area contributed by atoms with Crippen LogP contribution in [0.5, 0.6) is 0 Å². The van der Waals surface area contributed by atoms with Crippen LogP contribution in [0.15, 0.2) is 29.6 Å². The maximum Gasteiger partial charge on any atom is 0.226 e. The summed E-state index contributed by atoms with van der Waals surface area (Å²) in [6.07, 6.45) is 1.36. The quantitative estimate of drug-likeness (QED) is 0.907. The highest BCUT2D eigenvalue weighted by Crippen LogP contribution is 2.24. The minimum Gasteiger partial charge on any atom is -0.353 e. The van der Waals surface area contributed by atoms with Gasteiger partial charge in [0, 0.05) is 17.0 Å². The van der Waals surface area contributed by atoms with Gasteiger partial charge in [0.2, 0.25) is 5.91 Å². The molecule has 3 rings (SSSR count). The molecule has 0 radical (unpaired) electrons. The normalized spacial score (nSPS) is 21.1. The van der Waals surface area contributed by atoms with Gasteiger partial charge in [0.1, 0.15) is 5.01 Å². The van der Waals surface area contributed by atoms with Crippen LogP contribution >= 0.6 is 11.3 Å². The zero-order valence-electron chi connectivity index (χ0n) is 13.6. The lowest BCUT2D eigenvalue weighted by Gasteiger charge is -2.30. The van der Waals surface area contributed by atoms with Crippen molar-refractivity contribution < 1.29 is 4.79 Å². The highest BCUT2D eigenvalue weighted by Gasteiger charge is 2.22. The molecule has 122 valence electrons. The van der Waals surface area contributed by atoms with E-state index in [9.17, 15) is 4.79 Å². The van der Waals surface area contributed by atoms with Gasteiger partial charge in [-0.05, 0) is 38.4 Å². The molecule has 2 heterocycles. The van der Waals surface area contributed by atoms with Gasteiger partial charge >= 0.3 is 0 Å². The van der Waals surface area contributed by atoms with E-state index in [1.165, 1.54) is 5.56 Å². The van der Waals surface area contributed by atoms with Crippen LogP contribution in [-0.4, -0.2) is 30.0 Å². The molecule has 23 heavy (non-hydrogen) atoms. The average Bonchev–Trinajstić information content (AvgIpc) is 2.98. The number of nitrogens with zero attached hydrogens (tertiary/aromatic N) is 1. The zero-order valence-corrected chi connectivity index (χ0v) is 14.5. The number of benzene rings is 1. The lowest BCUT2D eigenvalue weighted by atomic mass is 9.95. The molecule has 1 aromatic heterocycles. The molecule has 1 aromatic carbocycles. The maximum absolute atomic E-state index is 12.3. The lowest BCUT2D eigenvalue weighted by Crippen LogP contribution is -2.48. The van der Waals surface area contributed by atoms with E-state index < -0.39 is 0 Å². The summed E-state index contributed by atoms with van der Waals surface area (Å²) in [6.45, 7) is 6.20. The Bertz CT molecular complexity index is 682. The largest absolute Gasteiger partial charge is 0.353 e. The number of aryl methyl sites for hydroxylation is 1. The second-order valence-corrected chi connectivity index (χ2v) is 7.19. The Hall–Kier alpha value is -1.72. The summed E-state index contributed by atoms with van der Waals surface area (Å²) in [5.41, 5.74) is 3.19. The first-order valence-electron chi connectivity index (χ1n) is 8.13. The minimum absolute atomic E-state index is 0.0739. The summed E-state index contributed by atoms with van der Waals surface area (Å²) in [5, 5.41) is 9.48. The van der Waals surface area contributed by atoms with Gasteiger partial charge in [-0.15, -0.1) is 11.3 Å². The van der Waals surface area contributed by atoms with Gasteiger partial charge in [-0.1, -0.05) is 30.7 Å². The van der Waals surface area contributed by atoms with Crippen LogP contribution in [0.3, 0.4) is 0 Å². The Morgan fingerprint density at radius 3 is 3.13 bits per heavy atom. The Labute approximate surface area is 141 Å². The van der Waals surface area contributed by atoms with E-state index in [2.05, 4.69) is 47.7 Å². The molecule has 2 atom stereocenters. The number of nitrogens with one attached hydrogen (secondary N) is 2. The lowest BCUT2D eigenvalue weighted by molar-refractivity contribution is -0.121. The molecule has 1 aliphatic rings. The van der Waals surface area contributed by atoms with Crippen molar-refractivity contribution in [2.45, 2.75) is 32.7 Å². The van der Waals surface area contributed by atoms with E-state index in [0.29, 0.717) is 12.3 Å². The standard InChI is InChI=1S/C18H23N3OS/c1-12-4-3-5-14(8-12)18-20-15(11-23-18)9-17(22)21-16-6-7-19-10-13(16)2/h3-5,8,11,13,16,19H,6-7,9-10H2,1-2H3,(H,21,22). The van der Waals surface area contributed by atoms with Crippen LogP contribution in [0.2, 0.25) is 0 Å². The first kappa shape index (κ1) is 16.1. The van der Waals surface area contributed by atoms with Gasteiger partial charge in [0.15, 0.2) is 0 Å². The van der Waals surface area contributed by atoms with Crippen molar-refractivity contribution >= 4 is 17.2 Å². The van der Waals surface area contributed by atoms with Gasteiger partial charge in [-0.2, -0.15) is 0 Å². The van der Waals surface area contributed by atoms with Crippen LogP contribution in [0.25, 0.3) is 10.6 Å². The number of rotatable bonds is 4. The topological polar surface area (TPSA) is 54.0 Å². The molecule has 0 spiro atoms. The van der Waals surface area contributed by atoms with E-state index in [1.807, 2.05) is 11.4 Å². The van der Waals surface area contributed by atoms with Crippen LogP contribution in [0.4, 0.5) is 0 Å². The Morgan fingerprint density at radius 1 is 1.48 bits per heavy atom. The number of carbonyl (C=O) groups excluding carboxylic acids is 1. The number of amides is 1. The van der Waals surface area contributed by atoms with Crippen molar-refractivity contribution in [2.24, 2.45) is 5.92 Å². The van der Waals surface area contributed by atoms with Gasteiger partial charge in [-0.25, -0.2) is 4.98 Å². The fraction of sp³-hybridized carbons (Fsp3) is 0.444. The molecule has 4 nitrogen and oxygen atoms in total. The second-order valence-electron chi connectivity index (χ2n) is 6.33. The number of hydrogen-bond donors (Lipinski definition) is 2. The predicted octanol–water partition coefficient (Wildman–Crippen LogP) is 2.78. The molecular weight excluding hydrogens is 306 g/mol. The number of thiazole rings is 1. The summed E-state index contributed by atoms with van der Waals surface area (Å²) in [5.74, 6) is 0.552. The average molecular weight is 329 g/mol. The first-order valence-corrected chi connectivity index (χ1v) is 9.01. The molecule has 2 aromatic rings. The fourth-order valence-corrected chi connectivity index (χ4v) is 3.77. The van der Waals surface area contributed by atoms with Gasteiger partial charge in [-0.3, -0.25) is 4.79 Å². The molecule has 2 unspecified atom stereocenters. The van der Waals surface area contributed by atoms with Crippen molar-refractivity contribution in [3.8, 4) is 10.6 Å². The smallest absolute Gasteiger partial charge is 0.226 e. The van der Waals surface area contributed by atoms with E-state index in [-0.39, 0.29) is 11.9 Å². The monoisotopic (exact) mass is 329 g/mol. The Morgan fingerprint density at radius 2 is 2.35 bits per heavy atom. The van der Waals surface area contributed by atoms with Crippen LogP contribution < -0.4 is 10.6 Å². The molecule has 1 fully saturated rings. The fourth-order valence-electron chi connectivity index (χ4n) is 2.95. The molecule has 0 bridgehead atoms. The maximum atomic E-state index is 12.3. The number of hydrogen-bond acceptors (Lipinski definition) is 4. The number of aromatic nitrogens is 1. The van der Waals surface area contributed by atoms with Crippen LogP contribution in [0.1, 0.15) is 24.6 Å². The number of carbonyl (C=O) groups is 1. The van der Waals surface area contributed by atoms with E-state index in [1.54, 1.807) is 11.3 Å². The van der Waals surface area contributed by atoms with Gasteiger partial charge in [0.25, 0.3) is 0 Å². The Kier molecular flexibility index (Phi) is 5.08. The molecule has 1 saturated heterocycles. The summed E-state index contributed by atoms with van der Waals surface area (Å²) in [6, 6.07) is 8.58. The SMILES string of the molecule is Cc1cccc(-c2nc(CC(=O)NC3CCNCC3C)cs2)c1. The van der Waals surface area contributed by atoms with Crippen molar-refractivity contribution in [2.75, 3.05) is 13.1 Å². The van der Waals surface area contributed by atoms with Crippen molar-refractivity contribution in [3.05, 3.63) is 40.9 Å². The zero-order chi connectivity index (χ0) is 16.2. The third kappa shape index (κ3) is 4.18. The van der Waals surface area contributed by atoms with Crippen molar-refractivity contribution in [3.63, 3.8) is 0 Å². The van der Waals surface area contributed by atoms with Crippen molar-refractivity contribution in [1.29, 1.82) is 0 Å². The molecule has 1 aliphatic heterocycles. The van der Waals surface area contributed by atoms with Crippen LogP contribution in [-0.2, 0) is 11.2 Å². The summed E-state index contributed by atoms with van der Waals surface area (Å²) in [7, 11) is 0. The summed E-state index contributed by atoms with van der Waals surface area (Å²) in [4.78, 5) is 16.9. The molecular formula is C18H23N3OS. The van der Waals surface area contributed by atoms with Crippen LogP contribution in [0, 0.1) is 12.8 Å². The number of piperidine rings is 1. The predicted molar refractivity (Wildman–Crippen MR) is 94.6 cm³/mol. The Balaban J connectivity index is 1.61. The van der Waals surface area contributed by atoms with E-state index >= 15 is 0 Å². The second kappa shape index (κ2) is 7.23. The molecule has 0 saturated carbocycles. The van der Waals surface area contributed by atoms with E-state index in [0.717, 1.165) is 35.8 Å². The summed E-state index contributed by atoms with van der Waals surface area (Å²) < 4.78 is 0. The highest BCUT2D eigenvalue weighted by molar-refractivity contribution is 7.13. The third-order valence-corrected chi connectivity index (χ3v) is 5.23.